The number of aromatic nitrogens is 3. The number of thioether (sulfide) groups is 1. The van der Waals surface area contributed by atoms with Crippen LogP contribution in [0.3, 0.4) is 0 Å². The van der Waals surface area contributed by atoms with E-state index < -0.39 is 0 Å². The molecule has 0 atom stereocenters. The lowest BCUT2D eigenvalue weighted by atomic mass is 10.1. The monoisotopic (exact) mass is 398 g/mol. The Kier molecular flexibility index (Phi) is 6.20. The van der Waals surface area contributed by atoms with Crippen LogP contribution in [-0.2, 0) is 11.3 Å². The topological polar surface area (TPSA) is 76.9 Å². The van der Waals surface area contributed by atoms with Gasteiger partial charge >= 0.3 is 0 Å². The van der Waals surface area contributed by atoms with Gasteiger partial charge in [-0.15, -0.1) is 10.2 Å². The number of nitrogens with zero attached hydrogens (tertiary/aromatic N) is 3. The molecule has 0 fully saturated rings. The van der Waals surface area contributed by atoms with Crippen LogP contribution in [0.1, 0.15) is 24.2 Å². The maximum Gasteiger partial charge on any atom is 0.234 e. The summed E-state index contributed by atoms with van der Waals surface area (Å²) in [6.07, 6.45) is 0. The highest BCUT2D eigenvalue weighted by Gasteiger charge is 2.15. The van der Waals surface area contributed by atoms with Crippen molar-refractivity contribution in [3.8, 4) is 11.4 Å². The molecule has 3 aromatic rings. The predicted octanol–water partition coefficient (Wildman–Crippen LogP) is 4.04. The number of carbonyl (C=O) groups is 2. The van der Waals surface area contributed by atoms with Gasteiger partial charge in [-0.2, -0.15) is 0 Å². The number of ketones is 1. The SMILES string of the molecule is CCn1c(SCC(=O)Nc2ccc(C(C)=O)cc2)nnc1-c1ccc(F)cc1. The second-order valence-corrected chi connectivity index (χ2v) is 6.97. The van der Waals surface area contributed by atoms with Crippen molar-refractivity contribution in [2.24, 2.45) is 0 Å². The Morgan fingerprint density at radius 3 is 2.36 bits per heavy atom. The number of hydrogen-bond acceptors (Lipinski definition) is 5. The fraction of sp³-hybridized carbons (Fsp3) is 0.200. The number of Topliss-reactive ketones (excluding diaryl/α,β-unsaturated/α-hetero) is 1. The molecule has 0 spiro atoms. The minimum Gasteiger partial charge on any atom is -0.325 e. The van der Waals surface area contributed by atoms with Crippen molar-refractivity contribution in [3.05, 3.63) is 59.9 Å². The van der Waals surface area contributed by atoms with Crippen LogP contribution < -0.4 is 5.32 Å². The lowest BCUT2D eigenvalue weighted by Gasteiger charge is -2.08. The molecule has 0 unspecified atom stereocenters. The highest BCUT2D eigenvalue weighted by molar-refractivity contribution is 7.99. The summed E-state index contributed by atoms with van der Waals surface area (Å²) in [5.74, 6) is 0.272. The first-order chi connectivity index (χ1) is 13.5. The van der Waals surface area contributed by atoms with E-state index in [0.717, 1.165) is 5.56 Å². The highest BCUT2D eigenvalue weighted by Crippen LogP contribution is 2.24. The molecule has 1 amide bonds. The summed E-state index contributed by atoms with van der Waals surface area (Å²) >= 11 is 1.27. The molecule has 0 aliphatic rings. The molecule has 1 aromatic heterocycles. The van der Waals surface area contributed by atoms with Gasteiger partial charge in [0.2, 0.25) is 5.91 Å². The van der Waals surface area contributed by atoms with Crippen molar-refractivity contribution in [1.82, 2.24) is 14.8 Å². The maximum atomic E-state index is 13.1. The molecular weight excluding hydrogens is 379 g/mol. The van der Waals surface area contributed by atoms with Crippen LogP contribution in [-0.4, -0.2) is 32.2 Å². The predicted molar refractivity (Wildman–Crippen MR) is 107 cm³/mol. The number of anilines is 1. The normalized spacial score (nSPS) is 10.7. The highest BCUT2D eigenvalue weighted by atomic mass is 32.2. The number of hydrogen-bond donors (Lipinski definition) is 1. The second kappa shape index (κ2) is 8.79. The number of benzene rings is 2. The van der Waals surface area contributed by atoms with Gasteiger partial charge in [-0.3, -0.25) is 9.59 Å². The fourth-order valence-corrected chi connectivity index (χ4v) is 3.41. The number of amides is 1. The van der Waals surface area contributed by atoms with Crippen molar-refractivity contribution in [1.29, 1.82) is 0 Å². The number of halogens is 1. The summed E-state index contributed by atoms with van der Waals surface area (Å²) in [5, 5.41) is 11.7. The average Bonchev–Trinajstić information content (AvgIpc) is 3.10. The maximum absolute atomic E-state index is 13.1. The first-order valence-electron chi connectivity index (χ1n) is 8.70. The molecular formula is C20H19FN4O2S. The van der Waals surface area contributed by atoms with Crippen molar-refractivity contribution in [2.45, 2.75) is 25.5 Å². The van der Waals surface area contributed by atoms with Crippen molar-refractivity contribution in [3.63, 3.8) is 0 Å². The van der Waals surface area contributed by atoms with Gasteiger partial charge in [0.15, 0.2) is 16.8 Å². The van der Waals surface area contributed by atoms with E-state index in [1.54, 1.807) is 36.4 Å². The van der Waals surface area contributed by atoms with Crippen molar-refractivity contribution < 1.29 is 14.0 Å². The van der Waals surface area contributed by atoms with Crippen LogP contribution in [0, 0.1) is 5.82 Å². The smallest absolute Gasteiger partial charge is 0.234 e. The third-order valence-corrected chi connectivity index (χ3v) is 5.01. The van der Waals surface area contributed by atoms with E-state index in [1.165, 1.54) is 30.8 Å². The van der Waals surface area contributed by atoms with Gasteiger partial charge in [0, 0.05) is 23.4 Å². The Hall–Kier alpha value is -3.00. The molecule has 1 heterocycles. The molecule has 0 saturated heterocycles. The lowest BCUT2D eigenvalue weighted by molar-refractivity contribution is -0.113. The quantitative estimate of drug-likeness (QED) is 0.480. The third-order valence-electron chi connectivity index (χ3n) is 4.04. The van der Waals surface area contributed by atoms with Crippen LogP contribution in [0.2, 0.25) is 0 Å². The summed E-state index contributed by atoms with van der Waals surface area (Å²) in [7, 11) is 0. The van der Waals surface area contributed by atoms with Gasteiger partial charge in [0.05, 0.1) is 5.75 Å². The zero-order chi connectivity index (χ0) is 20.1. The van der Waals surface area contributed by atoms with Gasteiger partial charge in [0.1, 0.15) is 5.82 Å². The minimum absolute atomic E-state index is 0.0238. The summed E-state index contributed by atoms with van der Waals surface area (Å²) in [6.45, 7) is 4.07. The van der Waals surface area contributed by atoms with Gasteiger partial charge in [-0.1, -0.05) is 11.8 Å². The molecule has 0 radical (unpaired) electrons. The van der Waals surface area contributed by atoms with Crippen molar-refractivity contribution in [2.75, 3.05) is 11.1 Å². The third kappa shape index (κ3) is 4.64. The largest absolute Gasteiger partial charge is 0.325 e. The van der Waals surface area contributed by atoms with Gasteiger partial charge < -0.3 is 9.88 Å². The molecule has 8 heteroatoms. The van der Waals surface area contributed by atoms with E-state index >= 15 is 0 Å². The van der Waals surface area contributed by atoms with E-state index in [0.29, 0.717) is 28.8 Å². The first-order valence-corrected chi connectivity index (χ1v) is 9.69. The Morgan fingerprint density at radius 1 is 1.07 bits per heavy atom. The van der Waals surface area contributed by atoms with Crippen molar-refractivity contribution >= 4 is 29.1 Å². The number of carbonyl (C=O) groups excluding carboxylic acids is 2. The number of rotatable bonds is 7. The summed E-state index contributed by atoms with van der Waals surface area (Å²) in [5.41, 5.74) is 1.98. The summed E-state index contributed by atoms with van der Waals surface area (Å²) in [4.78, 5) is 23.5. The zero-order valence-corrected chi connectivity index (χ0v) is 16.3. The molecule has 0 bridgehead atoms. The summed E-state index contributed by atoms with van der Waals surface area (Å²) in [6, 6.07) is 12.8. The number of nitrogens with one attached hydrogen (secondary N) is 1. The van der Waals surface area contributed by atoms with Gasteiger partial charge in [-0.05, 0) is 62.4 Å². The van der Waals surface area contributed by atoms with E-state index in [4.69, 9.17) is 0 Å². The lowest BCUT2D eigenvalue weighted by Crippen LogP contribution is -2.14. The van der Waals surface area contributed by atoms with E-state index in [2.05, 4.69) is 15.5 Å². The van der Waals surface area contributed by atoms with Crippen LogP contribution in [0.4, 0.5) is 10.1 Å². The molecule has 6 nitrogen and oxygen atoms in total. The Labute approximate surface area is 166 Å². The van der Waals surface area contributed by atoms with Crippen LogP contribution >= 0.6 is 11.8 Å². The molecule has 0 saturated carbocycles. The Morgan fingerprint density at radius 2 is 1.75 bits per heavy atom. The zero-order valence-electron chi connectivity index (χ0n) is 15.5. The molecule has 144 valence electrons. The van der Waals surface area contributed by atoms with Crippen LogP contribution in [0.5, 0.6) is 0 Å². The molecule has 0 aliphatic heterocycles. The molecule has 28 heavy (non-hydrogen) atoms. The Bertz CT molecular complexity index is 984. The van der Waals surface area contributed by atoms with E-state index in [9.17, 15) is 14.0 Å². The molecule has 2 aromatic carbocycles. The van der Waals surface area contributed by atoms with E-state index in [1.807, 2.05) is 11.5 Å². The fourth-order valence-electron chi connectivity index (χ4n) is 2.61. The molecule has 3 rings (SSSR count). The standard InChI is InChI=1S/C20H19FN4O2S/c1-3-25-19(15-4-8-16(21)9-5-15)23-24-20(25)28-12-18(27)22-17-10-6-14(7-11-17)13(2)26/h4-11H,3,12H2,1-2H3,(H,22,27). The van der Waals surface area contributed by atoms with E-state index in [-0.39, 0.29) is 23.3 Å². The Balaban J connectivity index is 1.64. The average molecular weight is 398 g/mol. The minimum atomic E-state index is -0.311. The molecule has 0 aliphatic carbocycles. The first kappa shape index (κ1) is 19.8. The molecule has 1 N–H and O–H groups in total. The van der Waals surface area contributed by atoms with Gasteiger partial charge in [0.25, 0.3) is 0 Å². The second-order valence-electron chi connectivity index (χ2n) is 6.03. The van der Waals surface area contributed by atoms with Gasteiger partial charge in [-0.25, -0.2) is 4.39 Å². The summed E-state index contributed by atoms with van der Waals surface area (Å²) < 4.78 is 15.0. The van der Waals surface area contributed by atoms with Crippen LogP contribution in [0.15, 0.2) is 53.7 Å². The van der Waals surface area contributed by atoms with Crippen LogP contribution in [0.25, 0.3) is 11.4 Å².